The van der Waals surface area contributed by atoms with Crippen LogP contribution >= 0.6 is 0 Å². The van der Waals surface area contributed by atoms with Gasteiger partial charge in [-0.1, -0.05) is 12.1 Å². The van der Waals surface area contributed by atoms with Gasteiger partial charge in [0.25, 0.3) is 12.3 Å². The average Bonchev–Trinajstić information content (AvgIpc) is 3.67. The number of piperidine rings is 1. The fourth-order valence-electron chi connectivity index (χ4n) is 7.29. The van der Waals surface area contributed by atoms with Gasteiger partial charge >= 0.3 is 0 Å². The van der Waals surface area contributed by atoms with Crippen molar-refractivity contribution in [1.29, 1.82) is 0 Å². The standard InChI is InChI=1S/C28H33F2N5O3/c1-14-4-3-5-17(15(14)2)33-10-11-34(18(12-33)27(29)30)19(37)13-35-26-23-20-21(23)22(20)24(26)25(31-35)28(38)32-8-6-16(36)7-9-32/h3-5,16,18,20-23,27,36H,6-13H2,1-2H3/t18?,20-,21?,22?,23?/m0/s1. The van der Waals surface area contributed by atoms with Crippen molar-refractivity contribution in [3.63, 3.8) is 0 Å². The minimum Gasteiger partial charge on any atom is -0.393 e. The van der Waals surface area contributed by atoms with Gasteiger partial charge in [-0.15, -0.1) is 0 Å². The molecule has 38 heavy (non-hydrogen) atoms. The molecule has 4 aliphatic carbocycles. The molecule has 5 atom stereocenters. The number of benzene rings is 1. The summed E-state index contributed by atoms with van der Waals surface area (Å²) in [5.74, 6) is 1.33. The highest BCUT2D eigenvalue weighted by Crippen LogP contribution is 2.88. The number of aryl methyl sites for hydroxylation is 1. The Morgan fingerprint density at radius 2 is 1.82 bits per heavy atom. The molecule has 2 bridgehead atoms. The maximum absolute atomic E-state index is 14.3. The van der Waals surface area contributed by atoms with E-state index in [1.807, 2.05) is 36.9 Å². The number of hydrogen-bond acceptors (Lipinski definition) is 5. The van der Waals surface area contributed by atoms with Crippen LogP contribution in [0.3, 0.4) is 0 Å². The summed E-state index contributed by atoms with van der Waals surface area (Å²) < 4.78 is 30.2. The molecule has 2 amide bonds. The van der Waals surface area contributed by atoms with Crippen LogP contribution in [-0.2, 0) is 11.3 Å². The Kier molecular flexibility index (Phi) is 5.38. The zero-order chi connectivity index (χ0) is 26.5. The van der Waals surface area contributed by atoms with Crippen molar-refractivity contribution >= 4 is 17.5 Å². The van der Waals surface area contributed by atoms with Crippen LogP contribution in [0.2, 0.25) is 0 Å². The van der Waals surface area contributed by atoms with Crippen molar-refractivity contribution in [2.75, 3.05) is 37.6 Å². The zero-order valence-corrected chi connectivity index (χ0v) is 21.7. The van der Waals surface area contributed by atoms with E-state index < -0.39 is 12.5 Å². The van der Waals surface area contributed by atoms with E-state index in [1.165, 1.54) is 4.90 Å². The van der Waals surface area contributed by atoms with Gasteiger partial charge in [0, 0.05) is 55.6 Å². The van der Waals surface area contributed by atoms with E-state index in [1.54, 1.807) is 9.58 Å². The number of aliphatic hydroxyl groups is 1. The van der Waals surface area contributed by atoms with Crippen molar-refractivity contribution in [2.45, 2.75) is 63.6 Å². The molecule has 3 heterocycles. The number of hydrogen-bond donors (Lipinski definition) is 1. The van der Waals surface area contributed by atoms with Gasteiger partial charge in [0.1, 0.15) is 12.6 Å². The molecule has 2 aromatic rings. The molecule has 2 saturated carbocycles. The van der Waals surface area contributed by atoms with E-state index in [4.69, 9.17) is 0 Å². The van der Waals surface area contributed by atoms with Crippen molar-refractivity contribution in [3.05, 3.63) is 46.3 Å². The number of aliphatic hydroxyl groups excluding tert-OH is 1. The molecule has 6 aliphatic rings. The number of piperazine rings is 1. The van der Waals surface area contributed by atoms with E-state index in [-0.39, 0.29) is 37.6 Å². The van der Waals surface area contributed by atoms with Crippen LogP contribution < -0.4 is 4.90 Å². The van der Waals surface area contributed by atoms with Crippen molar-refractivity contribution in [3.8, 4) is 0 Å². The van der Waals surface area contributed by atoms with Crippen LogP contribution in [0.25, 0.3) is 0 Å². The predicted molar refractivity (Wildman–Crippen MR) is 135 cm³/mol. The lowest BCUT2D eigenvalue weighted by Crippen LogP contribution is -2.58. The van der Waals surface area contributed by atoms with Gasteiger partial charge in [-0.3, -0.25) is 14.3 Å². The third kappa shape index (κ3) is 3.52. The number of anilines is 1. The number of aromatic nitrogens is 2. The summed E-state index contributed by atoms with van der Waals surface area (Å²) in [5.41, 5.74) is 5.49. The number of carbonyl (C=O) groups is 2. The van der Waals surface area contributed by atoms with Crippen LogP contribution in [-0.4, -0.2) is 87.8 Å². The third-order valence-electron chi connectivity index (χ3n) is 9.69. The Labute approximate surface area is 220 Å². The van der Waals surface area contributed by atoms with Gasteiger partial charge in [-0.05, 0) is 61.6 Å². The summed E-state index contributed by atoms with van der Waals surface area (Å²) >= 11 is 0. The molecule has 8 nitrogen and oxygen atoms in total. The Hall–Kier alpha value is -3.01. The highest BCUT2D eigenvalue weighted by molar-refractivity contribution is 5.96. The normalized spacial score (nSPS) is 29.5. The number of likely N-dealkylation sites (tertiary alicyclic amines) is 1. The molecule has 10 heteroatoms. The molecule has 0 spiro atoms. The van der Waals surface area contributed by atoms with Crippen molar-refractivity contribution in [2.24, 2.45) is 11.8 Å². The molecule has 1 aromatic carbocycles. The summed E-state index contributed by atoms with van der Waals surface area (Å²) in [4.78, 5) is 31.9. The van der Waals surface area contributed by atoms with Crippen LogP contribution in [0.1, 0.15) is 57.6 Å². The van der Waals surface area contributed by atoms with Gasteiger partial charge < -0.3 is 19.8 Å². The number of carbonyl (C=O) groups excluding carboxylic acids is 2. The second-order valence-corrected chi connectivity index (χ2v) is 11.7. The summed E-state index contributed by atoms with van der Waals surface area (Å²) in [6, 6.07) is 4.68. The molecule has 4 fully saturated rings. The highest BCUT2D eigenvalue weighted by atomic mass is 19.3. The molecular formula is C28H33F2N5O3. The lowest BCUT2D eigenvalue weighted by molar-refractivity contribution is -0.138. The second kappa shape index (κ2) is 8.49. The van der Waals surface area contributed by atoms with E-state index in [9.17, 15) is 23.5 Å². The lowest BCUT2D eigenvalue weighted by Gasteiger charge is -2.42. The monoisotopic (exact) mass is 525 g/mol. The maximum Gasteiger partial charge on any atom is 0.274 e. The number of nitrogens with zero attached hydrogens (tertiary/aromatic N) is 5. The van der Waals surface area contributed by atoms with Crippen LogP contribution in [0.15, 0.2) is 18.2 Å². The van der Waals surface area contributed by atoms with E-state index in [2.05, 4.69) is 5.10 Å². The second-order valence-electron chi connectivity index (χ2n) is 11.7. The number of amides is 2. The number of halogens is 2. The van der Waals surface area contributed by atoms with Crippen LogP contribution in [0.4, 0.5) is 14.5 Å². The maximum atomic E-state index is 14.3. The molecule has 2 saturated heterocycles. The Balaban J connectivity index is 1.11. The molecule has 2 aliphatic heterocycles. The first-order valence-electron chi connectivity index (χ1n) is 13.7. The molecule has 1 N–H and O–H groups in total. The van der Waals surface area contributed by atoms with Crippen LogP contribution in [0, 0.1) is 25.7 Å². The summed E-state index contributed by atoms with van der Waals surface area (Å²) in [6.45, 7) is 5.62. The minimum absolute atomic E-state index is 0.0737. The summed E-state index contributed by atoms with van der Waals surface area (Å²) in [6.07, 6.45) is -1.95. The van der Waals surface area contributed by atoms with Crippen molar-refractivity contribution in [1.82, 2.24) is 19.6 Å². The lowest BCUT2D eigenvalue weighted by atomic mass is 10.0. The molecule has 0 radical (unpaired) electrons. The number of alkyl halides is 2. The van der Waals surface area contributed by atoms with E-state index in [0.29, 0.717) is 61.8 Å². The van der Waals surface area contributed by atoms with E-state index >= 15 is 0 Å². The molecular weight excluding hydrogens is 492 g/mol. The average molecular weight is 526 g/mol. The molecule has 8 rings (SSSR count). The Bertz CT molecular complexity index is 1310. The molecule has 202 valence electrons. The minimum atomic E-state index is -2.67. The molecule has 1 aromatic heterocycles. The fourth-order valence-corrected chi connectivity index (χ4v) is 7.29. The topological polar surface area (TPSA) is 81.9 Å². The van der Waals surface area contributed by atoms with Crippen molar-refractivity contribution < 1.29 is 23.5 Å². The first-order valence-corrected chi connectivity index (χ1v) is 13.7. The predicted octanol–water partition coefficient (Wildman–Crippen LogP) is 2.52. The summed E-state index contributed by atoms with van der Waals surface area (Å²) in [7, 11) is 0. The van der Waals surface area contributed by atoms with Gasteiger partial charge in [0.15, 0.2) is 5.69 Å². The van der Waals surface area contributed by atoms with E-state index in [0.717, 1.165) is 28.1 Å². The zero-order valence-electron chi connectivity index (χ0n) is 21.7. The van der Waals surface area contributed by atoms with Gasteiger partial charge in [0.05, 0.1) is 6.10 Å². The third-order valence-corrected chi connectivity index (χ3v) is 9.69. The summed E-state index contributed by atoms with van der Waals surface area (Å²) in [5, 5.41) is 14.5. The van der Waals surface area contributed by atoms with Gasteiger partial charge in [0.2, 0.25) is 5.91 Å². The molecule has 4 unspecified atom stereocenters. The quantitative estimate of drug-likeness (QED) is 0.649. The smallest absolute Gasteiger partial charge is 0.274 e. The first-order chi connectivity index (χ1) is 18.3. The highest BCUT2D eigenvalue weighted by Gasteiger charge is 2.81. The number of rotatable bonds is 5. The fraction of sp³-hybridized carbons (Fsp3) is 0.607. The SMILES string of the molecule is Cc1cccc(N2CCN(C(=O)Cn3nc(C(=O)N4CCC(O)CC4)c4c3C3C5C4[C@@H]35)C(C(F)F)C2)c1C. The largest absolute Gasteiger partial charge is 0.393 e. The van der Waals surface area contributed by atoms with Gasteiger partial charge in [-0.2, -0.15) is 5.10 Å². The van der Waals surface area contributed by atoms with Gasteiger partial charge in [-0.25, -0.2) is 8.78 Å². The Morgan fingerprint density at radius 1 is 1.08 bits per heavy atom. The van der Waals surface area contributed by atoms with Crippen LogP contribution in [0.5, 0.6) is 0 Å². The Morgan fingerprint density at radius 3 is 2.53 bits per heavy atom. The first kappa shape index (κ1) is 24.1.